The van der Waals surface area contributed by atoms with Gasteiger partial charge < -0.3 is 9.47 Å². The van der Waals surface area contributed by atoms with Gasteiger partial charge in [0.05, 0.1) is 13.2 Å². The molecule has 0 aliphatic carbocycles. The summed E-state index contributed by atoms with van der Waals surface area (Å²) in [6, 6.07) is 6.24. The summed E-state index contributed by atoms with van der Waals surface area (Å²) in [6.45, 7) is 10.4. The van der Waals surface area contributed by atoms with Gasteiger partial charge in [-0.3, -0.25) is 0 Å². The molecule has 2 heteroatoms. The molecule has 1 aliphatic heterocycles. The van der Waals surface area contributed by atoms with Crippen molar-refractivity contribution < 1.29 is 9.47 Å². The fraction of sp³-hybridized carbons (Fsp3) is 0.579. The van der Waals surface area contributed by atoms with Crippen molar-refractivity contribution in [1.82, 2.24) is 0 Å². The molecule has 0 saturated heterocycles. The Hall–Kier alpha value is -1.44. The van der Waals surface area contributed by atoms with Gasteiger partial charge in [-0.2, -0.15) is 0 Å². The molecule has 1 heterocycles. The van der Waals surface area contributed by atoms with Crippen LogP contribution in [0.1, 0.15) is 58.4 Å². The molecule has 0 fully saturated rings. The Morgan fingerprint density at radius 3 is 2.95 bits per heavy atom. The predicted molar refractivity (Wildman–Crippen MR) is 88.3 cm³/mol. The number of ether oxygens (including phenoxy) is 2. The third-order valence-electron chi connectivity index (χ3n) is 4.10. The van der Waals surface area contributed by atoms with Gasteiger partial charge in [-0.1, -0.05) is 31.6 Å². The van der Waals surface area contributed by atoms with Crippen LogP contribution in [0, 0.1) is 5.92 Å². The Morgan fingerprint density at radius 2 is 2.19 bits per heavy atom. The first-order valence-electron chi connectivity index (χ1n) is 8.09. The number of allylic oxidation sites excluding steroid dienone is 2. The summed E-state index contributed by atoms with van der Waals surface area (Å²) in [7, 11) is 0. The van der Waals surface area contributed by atoms with Gasteiger partial charge >= 0.3 is 0 Å². The zero-order valence-corrected chi connectivity index (χ0v) is 13.8. The Balaban J connectivity index is 1.73. The Labute approximate surface area is 129 Å². The first-order chi connectivity index (χ1) is 10.1. The van der Waals surface area contributed by atoms with Crippen LogP contribution in [-0.4, -0.2) is 13.2 Å². The third-order valence-corrected chi connectivity index (χ3v) is 4.10. The summed E-state index contributed by atoms with van der Waals surface area (Å²) in [5, 5.41) is 0. The van der Waals surface area contributed by atoms with Crippen molar-refractivity contribution in [2.75, 3.05) is 13.2 Å². The Morgan fingerprint density at radius 1 is 1.38 bits per heavy atom. The molecule has 0 spiro atoms. The van der Waals surface area contributed by atoms with Gasteiger partial charge in [0, 0.05) is 17.5 Å². The zero-order chi connectivity index (χ0) is 15.2. The van der Waals surface area contributed by atoms with Crippen molar-refractivity contribution in [3.8, 4) is 11.5 Å². The lowest BCUT2D eigenvalue weighted by atomic mass is 10.0. The van der Waals surface area contributed by atoms with Crippen LogP contribution in [0.3, 0.4) is 0 Å². The quantitative estimate of drug-likeness (QED) is 0.631. The average molecular weight is 288 g/mol. The molecule has 0 saturated carbocycles. The van der Waals surface area contributed by atoms with E-state index in [0.717, 1.165) is 31.1 Å². The summed E-state index contributed by atoms with van der Waals surface area (Å²) in [4.78, 5) is 0. The molecular weight excluding hydrogens is 260 g/mol. The van der Waals surface area contributed by atoms with Crippen molar-refractivity contribution in [3.63, 3.8) is 0 Å². The Bertz CT molecular complexity index is 486. The number of fused-ring (bicyclic) bond motifs is 1. The molecule has 21 heavy (non-hydrogen) atoms. The Kier molecular flexibility index (Phi) is 5.72. The van der Waals surface area contributed by atoms with E-state index in [-0.39, 0.29) is 0 Å². The number of hydrogen-bond donors (Lipinski definition) is 0. The van der Waals surface area contributed by atoms with Gasteiger partial charge in [0.1, 0.15) is 11.5 Å². The molecule has 1 aliphatic rings. The highest BCUT2D eigenvalue weighted by atomic mass is 16.5. The van der Waals surface area contributed by atoms with Gasteiger partial charge in [0.15, 0.2) is 0 Å². The molecule has 1 aromatic rings. The SMILES string of the molecule is CC(C)=CCCC(C)CCOc1ccc2c(c1)OCC2C. The third kappa shape index (κ3) is 4.80. The first kappa shape index (κ1) is 15.9. The van der Waals surface area contributed by atoms with Crippen LogP contribution >= 0.6 is 0 Å². The topological polar surface area (TPSA) is 18.5 Å². The summed E-state index contributed by atoms with van der Waals surface area (Å²) >= 11 is 0. The minimum absolute atomic E-state index is 0.504. The molecule has 2 nitrogen and oxygen atoms in total. The van der Waals surface area contributed by atoms with E-state index in [1.807, 2.05) is 6.07 Å². The fourth-order valence-electron chi connectivity index (χ4n) is 2.62. The molecular formula is C19H28O2. The number of hydrogen-bond acceptors (Lipinski definition) is 2. The smallest absolute Gasteiger partial charge is 0.126 e. The minimum atomic E-state index is 0.504. The molecule has 2 unspecified atom stereocenters. The highest BCUT2D eigenvalue weighted by molar-refractivity contribution is 5.44. The largest absolute Gasteiger partial charge is 0.493 e. The van der Waals surface area contributed by atoms with Gasteiger partial charge in [-0.15, -0.1) is 0 Å². The van der Waals surface area contributed by atoms with Crippen LogP contribution in [-0.2, 0) is 0 Å². The van der Waals surface area contributed by atoms with Gasteiger partial charge in [0.2, 0.25) is 0 Å². The monoisotopic (exact) mass is 288 g/mol. The summed E-state index contributed by atoms with van der Waals surface area (Å²) in [5.74, 6) is 3.13. The summed E-state index contributed by atoms with van der Waals surface area (Å²) in [6.07, 6.45) is 5.83. The van der Waals surface area contributed by atoms with Crippen LogP contribution in [0.5, 0.6) is 11.5 Å². The van der Waals surface area contributed by atoms with Crippen LogP contribution in [0.2, 0.25) is 0 Å². The van der Waals surface area contributed by atoms with Crippen molar-refractivity contribution in [1.29, 1.82) is 0 Å². The number of rotatable bonds is 7. The standard InChI is InChI=1S/C19H28O2/c1-14(2)6-5-7-15(3)10-11-20-17-8-9-18-16(4)13-21-19(18)12-17/h6,8-9,12,15-16H,5,7,10-11,13H2,1-4H3. The predicted octanol–water partition coefficient (Wildman–Crippen LogP) is 5.33. The molecule has 0 N–H and O–H groups in total. The molecule has 0 radical (unpaired) electrons. The lowest BCUT2D eigenvalue weighted by molar-refractivity contribution is 0.277. The van der Waals surface area contributed by atoms with Gasteiger partial charge in [0.25, 0.3) is 0 Å². The molecule has 0 aromatic heterocycles. The second kappa shape index (κ2) is 7.53. The molecule has 116 valence electrons. The van der Waals surface area contributed by atoms with Crippen molar-refractivity contribution in [3.05, 3.63) is 35.4 Å². The van der Waals surface area contributed by atoms with Crippen molar-refractivity contribution in [2.45, 2.75) is 52.9 Å². The minimum Gasteiger partial charge on any atom is -0.493 e. The van der Waals surface area contributed by atoms with E-state index >= 15 is 0 Å². The summed E-state index contributed by atoms with van der Waals surface area (Å²) in [5.41, 5.74) is 2.71. The second-order valence-corrected chi connectivity index (χ2v) is 6.51. The maximum Gasteiger partial charge on any atom is 0.126 e. The summed E-state index contributed by atoms with van der Waals surface area (Å²) < 4.78 is 11.5. The average Bonchev–Trinajstić information content (AvgIpc) is 2.80. The number of benzene rings is 1. The van der Waals surface area contributed by atoms with E-state index in [4.69, 9.17) is 9.47 Å². The van der Waals surface area contributed by atoms with E-state index in [9.17, 15) is 0 Å². The normalized spacial score (nSPS) is 17.8. The van der Waals surface area contributed by atoms with Crippen LogP contribution in [0.25, 0.3) is 0 Å². The van der Waals surface area contributed by atoms with Gasteiger partial charge in [-0.25, -0.2) is 0 Å². The first-order valence-corrected chi connectivity index (χ1v) is 8.09. The molecule has 2 atom stereocenters. The van der Waals surface area contributed by atoms with E-state index in [1.165, 1.54) is 24.0 Å². The molecule has 2 rings (SSSR count). The van der Waals surface area contributed by atoms with E-state index in [0.29, 0.717) is 11.8 Å². The van der Waals surface area contributed by atoms with Crippen LogP contribution in [0.15, 0.2) is 29.8 Å². The van der Waals surface area contributed by atoms with E-state index in [2.05, 4.69) is 45.9 Å². The molecule has 0 bridgehead atoms. The maximum absolute atomic E-state index is 5.87. The van der Waals surface area contributed by atoms with E-state index in [1.54, 1.807) is 0 Å². The van der Waals surface area contributed by atoms with Crippen LogP contribution < -0.4 is 9.47 Å². The highest BCUT2D eigenvalue weighted by Crippen LogP contribution is 2.36. The maximum atomic E-state index is 5.87. The lowest BCUT2D eigenvalue weighted by Crippen LogP contribution is -2.04. The van der Waals surface area contributed by atoms with E-state index < -0.39 is 0 Å². The lowest BCUT2D eigenvalue weighted by Gasteiger charge is -2.12. The highest BCUT2D eigenvalue weighted by Gasteiger charge is 2.20. The van der Waals surface area contributed by atoms with Crippen molar-refractivity contribution >= 4 is 0 Å². The van der Waals surface area contributed by atoms with Gasteiger partial charge in [-0.05, 0) is 45.1 Å². The molecule has 1 aromatic carbocycles. The fourth-order valence-corrected chi connectivity index (χ4v) is 2.62. The van der Waals surface area contributed by atoms with Crippen molar-refractivity contribution in [2.24, 2.45) is 5.92 Å². The zero-order valence-electron chi connectivity index (χ0n) is 13.8. The second-order valence-electron chi connectivity index (χ2n) is 6.51. The molecule has 0 amide bonds. The van der Waals surface area contributed by atoms with Crippen LogP contribution in [0.4, 0.5) is 0 Å².